The van der Waals surface area contributed by atoms with Crippen LogP contribution in [0.4, 0.5) is 0 Å². The zero-order valence-corrected chi connectivity index (χ0v) is 13.2. The third kappa shape index (κ3) is 5.12. The molecule has 5 nitrogen and oxygen atoms in total. The van der Waals surface area contributed by atoms with Gasteiger partial charge in [0.05, 0.1) is 18.5 Å². The standard InChI is InChI=1S/C15H22N2O3S/c1-10-12(7-8-15(19)20)21-14(16-10)9-13(18)17-11-5-3-2-4-6-11/h11H,2-9H2,1H3,(H,17,18)(H,19,20). The van der Waals surface area contributed by atoms with Crippen LogP contribution in [-0.2, 0) is 22.4 Å². The number of aryl methyl sites for hydroxylation is 2. The van der Waals surface area contributed by atoms with Crippen molar-refractivity contribution in [3.8, 4) is 0 Å². The molecule has 1 aromatic heterocycles. The molecule has 1 fully saturated rings. The fourth-order valence-corrected chi connectivity index (χ4v) is 3.75. The van der Waals surface area contributed by atoms with Crippen LogP contribution in [0.5, 0.6) is 0 Å². The predicted octanol–water partition coefficient (Wildman–Crippen LogP) is 2.46. The highest BCUT2D eigenvalue weighted by Gasteiger charge is 2.17. The Morgan fingerprint density at radius 3 is 2.71 bits per heavy atom. The van der Waals surface area contributed by atoms with E-state index in [4.69, 9.17) is 5.11 Å². The Morgan fingerprint density at radius 2 is 2.05 bits per heavy atom. The highest BCUT2D eigenvalue weighted by atomic mass is 32.1. The van der Waals surface area contributed by atoms with E-state index in [1.165, 1.54) is 30.6 Å². The van der Waals surface area contributed by atoms with E-state index >= 15 is 0 Å². The molecule has 2 N–H and O–H groups in total. The molecule has 1 aliphatic carbocycles. The Labute approximate surface area is 128 Å². The quantitative estimate of drug-likeness (QED) is 0.846. The van der Waals surface area contributed by atoms with Crippen molar-refractivity contribution in [3.05, 3.63) is 15.6 Å². The van der Waals surface area contributed by atoms with E-state index in [0.717, 1.165) is 28.4 Å². The number of carboxylic acids is 1. The van der Waals surface area contributed by atoms with Gasteiger partial charge in [0.2, 0.25) is 5.91 Å². The Morgan fingerprint density at radius 1 is 1.33 bits per heavy atom. The molecule has 0 aromatic carbocycles. The topological polar surface area (TPSA) is 79.3 Å². The monoisotopic (exact) mass is 310 g/mol. The number of hydrogen-bond donors (Lipinski definition) is 2. The Hall–Kier alpha value is -1.43. The highest BCUT2D eigenvalue weighted by molar-refractivity contribution is 7.11. The normalized spacial score (nSPS) is 15.9. The minimum absolute atomic E-state index is 0.0282. The first-order valence-electron chi connectivity index (χ1n) is 7.51. The van der Waals surface area contributed by atoms with Crippen LogP contribution in [0.15, 0.2) is 0 Å². The zero-order valence-electron chi connectivity index (χ0n) is 12.4. The van der Waals surface area contributed by atoms with Crippen molar-refractivity contribution >= 4 is 23.2 Å². The number of amides is 1. The number of rotatable bonds is 6. The summed E-state index contributed by atoms with van der Waals surface area (Å²) in [5.74, 6) is -0.778. The summed E-state index contributed by atoms with van der Waals surface area (Å²) in [7, 11) is 0. The molecule has 6 heteroatoms. The molecular weight excluding hydrogens is 288 g/mol. The first-order valence-corrected chi connectivity index (χ1v) is 8.32. The van der Waals surface area contributed by atoms with Crippen molar-refractivity contribution in [2.24, 2.45) is 0 Å². The van der Waals surface area contributed by atoms with Gasteiger partial charge in [-0.3, -0.25) is 9.59 Å². The Balaban J connectivity index is 1.85. The van der Waals surface area contributed by atoms with Gasteiger partial charge in [0.15, 0.2) is 0 Å². The van der Waals surface area contributed by atoms with Crippen molar-refractivity contribution in [1.82, 2.24) is 10.3 Å². The molecule has 0 radical (unpaired) electrons. The molecule has 0 atom stereocenters. The van der Waals surface area contributed by atoms with E-state index in [2.05, 4.69) is 10.3 Å². The summed E-state index contributed by atoms with van der Waals surface area (Å²) in [6.45, 7) is 1.87. The van der Waals surface area contributed by atoms with Crippen molar-refractivity contribution in [2.75, 3.05) is 0 Å². The third-order valence-corrected chi connectivity index (χ3v) is 5.00. The minimum Gasteiger partial charge on any atom is -0.481 e. The second-order valence-corrected chi connectivity index (χ2v) is 6.76. The number of carbonyl (C=O) groups is 2. The molecule has 1 aromatic rings. The van der Waals surface area contributed by atoms with Crippen molar-refractivity contribution in [3.63, 3.8) is 0 Å². The summed E-state index contributed by atoms with van der Waals surface area (Å²) in [5.41, 5.74) is 0.849. The molecule has 1 aliphatic rings. The van der Waals surface area contributed by atoms with Crippen molar-refractivity contribution < 1.29 is 14.7 Å². The van der Waals surface area contributed by atoms with Crippen LogP contribution in [0.3, 0.4) is 0 Å². The minimum atomic E-state index is -0.806. The first kappa shape index (κ1) is 15.9. The van der Waals surface area contributed by atoms with Gasteiger partial charge in [0.1, 0.15) is 5.01 Å². The van der Waals surface area contributed by atoms with Gasteiger partial charge >= 0.3 is 5.97 Å². The van der Waals surface area contributed by atoms with Crippen LogP contribution in [0.25, 0.3) is 0 Å². The summed E-state index contributed by atoms with van der Waals surface area (Å²) in [6.07, 6.45) is 6.71. The maximum Gasteiger partial charge on any atom is 0.303 e. The summed E-state index contributed by atoms with van der Waals surface area (Å²) < 4.78 is 0. The van der Waals surface area contributed by atoms with Crippen LogP contribution < -0.4 is 5.32 Å². The van der Waals surface area contributed by atoms with E-state index in [1.807, 2.05) is 6.92 Å². The molecule has 2 rings (SSSR count). The van der Waals surface area contributed by atoms with E-state index in [0.29, 0.717) is 18.9 Å². The lowest BCUT2D eigenvalue weighted by molar-refractivity contribution is -0.137. The number of hydrogen-bond acceptors (Lipinski definition) is 4. The maximum atomic E-state index is 12.0. The molecule has 0 spiro atoms. The second-order valence-electron chi connectivity index (χ2n) is 5.59. The van der Waals surface area contributed by atoms with Crippen LogP contribution in [-0.4, -0.2) is 28.0 Å². The molecule has 0 saturated heterocycles. The maximum absolute atomic E-state index is 12.0. The number of carboxylic acid groups (broad SMARTS) is 1. The van der Waals surface area contributed by atoms with Crippen LogP contribution in [0.2, 0.25) is 0 Å². The average molecular weight is 310 g/mol. The smallest absolute Gasteiger partial charge is 0.303 e. The predicted molar refractivity (Wildman–Crippen MR) is 81.5 cm³/mol. The zero-order chi connectivity index (χ0) is 15.2. The number of aliphatic carboxylic acids is 1. The van der Waals surface area contributed by atoms with E-state index in [1.54, 1.807) is 0 Å². The summed E-state index contributed by atoms with van der Waals surface area (Å²) in [4.78, 5) is 28.0. The highest BCUT2D eigenvalue weighted by Crippen LogP contribution is 2.21. The van der Waals surface area contributed by atoms with Crippen molar-refractivity contribution in [1.29, 1.82) is 0 Å². The van der Waals surface area contributed by atoms with Gasteiger partial charge in [-0.15, -0.1) is 11.3 Å². The fourth-order valence-electron chi connectivity index (χ4n) is 2.68. The Kier molecular flexibility index (Phi) is 5.73. The number of nitrogens with one attached hydrogen (secondary N) is 1. The van der Waals surface area contributed by atoms with Gasteiger partial charge in [-0.05, 0) is 26.2 Å². The van der Waals surface area contributed by atoms with Gasteiger partial charge in [-0.25, -0.2) is 4.98 Å². The molecule has 0 aliphatic heterocycles. The SMILES string of the molecule is Cc1nc(CC(=O)NC2CCCCC2)sc1CCC(=O)O. The number of aromatic nitrogens is 1. The number of thiazole rings is 1. The molecule has 21 heavy (non-hydrogen) atoms. The molecule has 1 amide bonds. The van der Waals surface area contributed by atoms with Gasteiger partial charge in [-0.1, -0.05) is 19.3 Å². The van der Waals surface area contributed by atoms with Crippen molar-refractivity contribution in [2.45, 2.75) is 64.3 Å². The van der Waals surface area contributed by atoms with E-state index < -0.39 is 5.97 Å². The largest absolute Gasteiger partial charge is 0.481 e. The lowest BCUT2D eigenvalue weighted by Gasteiger charge is -2.22. The molecular formula is C15H22N2O3S. The Bertz CT molecular complexity index is 507. The van der Waals surface area contributed by atoms with E-state index in [9.17, 15) is 9.59 Å². The number of carbonyl (C=O) groups excluding carboxylic acids is 1. The lowest BCUT2D eigenvalue weighted by atomic mass is 9.95. The number of nitrogens with zero attached hydrogens (tertiary/aromatic N) is 1. The van der Waals surface area contributed by atoms with Crippen LogP contribution in [0, 0.1) is 6.92 Å². The lowest BCUT2D eigenvalue weighted by Crippen LogP contribution is -2.37. The molecule has 0 unspecified atom stereocenters. The third-order valence-electron chi connectivity index (χ3n) is 3.78. The fraction of sp³-hybridized carbons (Fsp3) is 0.667. The van der Waals surface area contributed by atoms with Crippen LogP contribution >= 0.6 is 11.3 Å². The molecule has 1 heterocycles. The van der Waals surface area contributed by atoms with Gasteiger partial charge in [0, 0.05) is 10.9 Å². The summed E-state index contributed by atoms with van der Waals surface area (Å²) in [6, 6.07) is 0.318. The average Bonchev–Trinajstić information content (AvgIpc) is 2.77. The first-order chi connectivity index (χ1) is 10.0. The van der Waals surface area contributed by atoms with Crippen LogP contribution in [0.1, 0.15) is 54.1 Å². The van der Waals surface area contributed by atoms with Gasteiger partial charge in [0.25, 0.3) is 0 Å². The second kappa shape index (κ2) is 7.54. The summed E-state index contributed by atoms with van der Waals surface area (Å²) >= 11 is 1.46. The molecule has 0 bridgehead atoms. The van der Waals surface area contributed by atoms with E-state index in [-0.39, 0.29) is 12.3 Å². The van der Waals surface area contributed by atoms with Gasteiger partial charge in [-0.2, -0.15) is 0 Å². The molecule has 116 valence electrons. The van der Waals surface area contributed by atoms with Gasteiger partial charge < -0.3 is 10.4 Å². The summed E-state index contributed by atoms with van der Waals surface area (Å²) in [5, 5.41) is 12.6. The molecule has 1 saturated carbocycles.